The number of carbonyl (C=O) groups is 1. The molecule has 0 radical (unpaired) electrons. The molecule has 1 heterocycles. The third kappa shape index (κ3) is 2.25. The number of hydrogen-bond acceptors (Lipinski definition) is 2. The smallest absolute Gasteiger partial charge is 0.309 e. The van der Waals surface area contributed by atoms with Crippen LogP contribution in [-0.2, 0) is 11.2 Å². The van der Waals surface area contributed by atoms with E-state index in [1.54, 1.807) is 0 Å². The number of aromatic nitrogens is 1. The Morgan fingerprint density at radius 3 is 2.79 bits per heavy atom. The van der Waals surface area contributed by atoms with E-state index in [2.05, 4.69) is 4.98 Å². The van der Waals surface area contributed by atoms with E-state index in [1.807, 2.05) is 0 Å². The van der Waals surface area contributed by atoms with Gasteiger partial charge in [0.15, 0.2) is 0 Å². The Morgan fingerprint density at radius 2 is 2.29 bits per heavy atom. The van der Waals surface area contributed by atoms with Crippen molar-refractivity contribution in [3.8, 4) is 0 Å². The molecule has 0 atom stereocenters. The van der Waals surface area contributed by atoms with Crippen molar-refractivity contribution in [3.63, 3.8) is 0 Å². The Kier molecular flexibility index (Phi) is 3.11. The highest BCUT2D eigenvalue weighted by molar-refractivity contribution is 5.70. The SMILES string of the molecule is Cc1ccnc(CC(=O)O)c1C(F)F. The minimum atomic E-state index is -2.68. The number of alkyl halides is 2. The van der Waals surface area contributed by atoms with E-state index in [4.69, 9.17) is 5.11 Å². The van der Waals surface area contributed by atoms with E-state index in [0.29, 0.717) is 5.56 Å². The van der Waals surface area contributed by atoms with Gasteiger partial charge in [-0.15, -0.1) is 0 Å². The fourth-order valence-electron chi connectivity index (χ4n) is 1.21. The molecule has 1 aromatic heterocycles. The molecule has 76 valence electrons. The van der Waals surface area contributed by atoms with Gasteiger partial charge < -0.3 is 5.11 Å². The first-order valence-electron chi connectivity index (χ1n) is 3.96. The molecule has 0 aromatic carbocycles. The first-order chi connectivity index (χ1) is 6.52. The lowest BCUT2D eigenvalue weighted by molar-refractivity contribution is -0.136. The highest BCUT2D eigenvalue weighted by Gasteiger charge is 2.18. The summed E-state index contributed by atoms with van der Waals surface area (Å²) in [7, 11) is 0. The maximum absolute atomic E-state index is 12.5. The molecule has 0 saturated carbocycles. The maximum Gasteiger partial charge on any atom is 0.309 e. The standard InChI is InChI=1S/C9H9F2NO2/c1-5-2-3-12-6(4-7(13)14)8(5)9(10)11/h2-3,9H,4H2,1H3,(H,13,14). The van der Waals surface area contributed by atoms with Gasteiger partial charge in [0.25, 0.3) is 6.43 Å². The van der Waals surface area contributed by atoms with E-state index < -0.39 is 18.8 Å². The van der Waals surface area contributed by atoms with Crippen LogP contribution in [0, 0.1) is 6.92 Å². The summed E-state index contributed by atoms with van der Waals surface area (Å²) >= 11 is 0. The van der Waals surface area contributed by atoms with Crippen molar-refractivity contribution >= 4 is 5.97 Å². The normalized spacial score (nSPS) is 10.6. The molecule has 0 spiro atoms. The van der Waals surface area contributed by atoms with Crippen molar-refractivity contribution < 1.29 is 18.7 Å². The second-order valence-electron chi connectivity index (χ2n) is 2.86. The van der Waals surface area contributed by atoms with Gasteiger partial charge in [-0.3, -0.25) is 9.78 Å². The predicted octanol–water partition coefficient (Wildman–Crippen LogP) is 1.95. The van der Waals surface area contributed by atoms with Crippen molar-refractivity contribution in [2.45, 2.75) is 19.8 Å². The topological polar surface area (TPSA) is 50.2 Å². The van der Waals surface area contributed by atoms with E-state index in [-0.39, 0.29) is 11.3 Å². The molecule has 1 aromatic rings. The fraction of sp³-hybridized carbons (Fsp3) is 0.333. The average molecular weight is 201 g/mol. The Balaban J connectivity index is 3.14. The zero-order valence-electron chi connectivity index (χ0n) is 7.50. The Bertz CT molecular complexity index is 353. The van der Waals surface area contributed by atoms with Gasteiger partial charge in [0.1, 0.15) is 0 Å². The highest BCUT2D eigenvalue weighted by Crippen LogP contribution is 2.25. The maximum atomic E-state index is 12.5. The van der Waals surface area contributed by atoms with Crippen molar-refractivity contribution in [2.24, 2.45) is 0 Å². The van der Waals surface area contributed by atoms with E-state index in [1.165, 1.54) is 19.2 Å². The van der Waals surface area contributed by atoms with Crippen LogP contribution in [0.1, 0.15) is 23.2 Å². The number of carboxylic acids is 1. The molecule has 14 heavy (non-hydrogen) atoms. The van der Waals surface area contributed by atoms with Gasteiger partial charge in [-0.2, -0.15) is 0 Å². The van der Waals surface area contributed by atoms with Gasteiger partial charge in [-0.25, -0.2) is 8.78 Å². The number of rotatable bonds is 3. The summed E-state index contributed by atoms with van der Waals surface area (Å²) in [4.78, 5) is 14.0. The first kappa shape index (κ1) is 10.6. The Morgan fingerprint density at radius 1 is 1.64 bits per heavy atom. The molecule has 0 aliphatic heterocycles. The molecular formula is C9H9F2NO2. The number of halogens is 2. The lowest BCUT2D eigenvalue weighted by Crippen LogP contribution is -2.07. The Labute approximate surface area is 79.4 Å². The van der Waals surface area contributed by atoms with Crippen LogP contribution in [0.4, 0.5) is 8.78 Å². The lowest BCUT2D eigenvalue weighted by Gasteiger charge is -2.08. The monoisotopic (exact) mass is 201 g/mol. The molecule has 3 nitrogen and oxygen atoms in total. The van der Waals surface area contributed by atoms with Gasteiger partial charge in [0.05, 0.1) is 12.1 Å². The quantitative estimate of drug-likeness (QED) is 0.813. The van der Waals surface area contributed by atoms with Gasteiger partial charge in [0, 0.05) is 11.8 Å². The lowest BCUT2D eigenvalue weighted by atomic mass is 10.1. The number of carboxylic acid groups (broad SMARTS) is 1. The number of aryl methyl sites for hydroxylation is 1. The van der Waals surface area contributed by atoms with Crippen LogP contribution in [0.2, 0.25) is 0 Å². The van der Waals surface area contributed by atoms with Crippen LogP contribution < -0.4 is 0 Å². The van der Waals surface area contributed by atoms with Crippen molar-refractivity contribution in [3.05, 3.63) is 29.1 Å². The minimum Gasteiger partial charge on any atom is -0.481 e. The summed E-state index contributed by atoms with van der Waals surface area (Å²) in [5, 5.41) is 8.48. The second kappa shape index (κ2) is 4.13. The van der Waals surface area contributed by atoms with E-state index in [9.17, 15) is 13.6 Å². The third-order valence-electron chi connectivity index (χ3n) is 1.83. The average Bonchev–Trinajstić information content (AvgIpc) is 2.01. The van der Waals surface area contributed by atoms with E-state index in [0.717, 1.165) is 0 Å². The van der Waals surface area contributed by atoms with Gasteiger partial charge in [-0.05, 0) is 18.6 Å². The molecule has 0 saturated heterocycles. The first-order valence-corrected chi connectivity index (χ1v) is 3.96. The fourth-order valence-corrected chi connectivity index (χ4v) is 1.21. The van der Waals surface area contributed by atoms with Crippen LogP contribution in [-0.4, -0.2) is 16.1 Å². The molecule has 1 rings (SSSR count). The van der Waals surface area contributed by atoms with Crippen molar-refractivity contribution in [2.75, 3.05) is 0 Å². The zero-order valence-corrected chi connectivity index (χ0v) is 7.50. The van der Waals surface area contributed by atoms with Crippen LogP contribution in [0.25, 0.3) is 0 Å². The van der Waals surface area contributed by atoms with Crippen molar-refractivity contribution in [1.29, 1.82) is 0 Å². The largest absolute Gasteiger partial charge is 0.481 e. The summed E-state index contributed by atoms with van der Waals surface area (Å²) < 4.78 is 25.0. The summed E-state index contributed by atoms with van der Waals surface area (Å²) in [6.45, 7) is 1.51. The number of aliphatic carboxylic acids is 1. The molecule has 0 amide bonds. The van der Waals surface area contributed by atoms with E-state index >= 15 is 0 Å². The number of pyridine rings is 1. The number of nitrogens with zero attached hydrogens (tertiary/aromatic N) is 1. The highest BCUT2D eigenvalue weighted by atomic mass is 19.3. The summed E-state index contributed by atoms with van der Waals surface area (Å²) in [6.07, 6.45) is -1.82. The zero-order chi connectivity index (χ0) is 10.7. The molecule has 0 fully saturated rings. The molecule has 1 N–H and O–H groups in total. The van der Waals surface area contributed by atoms with Gasteiger partial charge >= 0.3 is 5.97 Å². The van der Waals surface area contributed by atoms with Crippen LogP contribution >= 0.6 is 0 Å². The second-order valence-corrected chi connectivity index (χ2v) is 2.86. The van der Waals surface area contributed by atoms with Crippen LogP contribution in [0.5, 0.6) is 0 Å². The minimum absolute atomic E-state index is 0.0625. The summed E-state index contributed by atoms with van der Waals surface area (Å²) in [5.41, 5.74) is 0.0358. The number of hydrogen-bond donors (Lipinski definition) is 1. The van der Waals surface area contributed by atoms with Crippen LogP contribution in [0.3, 0.4) is 0 Å². The molecule has 5 heteroatoms. The van der Waals surface area contributed by atoms with Crippen molar-refractivity contribution in [1.82, 2.24) is 4.98 Å². The predicted molar refractivity (Wildman–Crippen MR) is 45.3 cm³/mol. The molecular weight excluding hydrogens is 192 g/mol. The Hall–Kier alpha value is -1.52. The molecule has 0 unspecified atom stereocenters. The molecule has 0 aliphatic rings. The van der Waals surface area contributed by atoms with Crippen LogP contribution in [0.15, 0.2) is 12.3 Å². The summed E-state index contributed by atoms with van der Waals surface area (Å²) in [6, 6.07) is 1.44. The summed E-state index contributed by atoms with van der Waals surface area (Å²) in [5.74, 6) is -1.16. The van der Waals surface area contributed by atoms with Gasteiger partial charge in [0.2, 0.25) is 0 Å². The molecule has 0 bridgehead atoms. The van der Waals surface area contributed by atoms with Gasteiger partial charge in [-0.1, -0.05) is 0 Å². The third-order valence-corrected chi connectivity index (χ3v) is 1.83. The molecule has 0 aliphatic carbocycles.